The minimum Gasteiger partial charge on any atom is -0.353 e. The molecule has 150 valence electrons. The Morgan fingerprint density at radius 2 is 1.82 bits per heavy atom. The lowest BCUT2D eigenvalue weighted by atomic mass is 10.1. The SMILES string of the molecule is Cn1cccc1C(CNC(=O)C(=O)Nc1cccc(Cl)c1)N1CCCCCC1. The van der Waals surface area contributed by atoms with Crippen molar-refractivity contribution in [2.45, 2.75) is 31.7 Å². The van der Waals surface area contributed by atoms with Crippen LogP contribution < -0.4 is 10.6 Å². The molecule has 1 unspecified atom stereocenters. The number of nitrogens with one attached hydrogen (secondary N) is 2. The van der Waals surface area contributed by atoms with E-state index in [1.54, 1.807) is 24.3 Å². The van der Waals surface area contributed by atoms with Crippen molar-refractivity contribution in [3.63, 3.8) is 0 Å². The number of amides is 2. The fourth-order valence-electron chi connectivity index (χ4n) is 3.67. The van der Waals surface area contributed by atoms with Crippen LogP contribution in [0.15, 0.2) is 42.6 Å². The number of hydrogen-bond donors (Lipinski definition) is 2. The van der Waals surface area contributed by atoms with Gasteiger partial charge in [-0.2, -0.15) is 0 Å². The molecule has 1 aromatic heterocycles. The summed E-state index contributed by atoms with van der Waals surface area (Å²) in [5, 5.41) is 5.90. The van der Waals surface area contributed by atoms with Crippen molar-refractivity contribution in [3.05, 3.63) is 53.3 Å². The minimum atomic E-state index is -0.691. The summed E-state index contributed by atoms with van der Waals surface area (Å²) in [4.78, 5) is 27.0. The fourth-order valence-corrected chi connectivity index (χ4v) is 3.86. The molecule has 1 aliphatic heterocycles. The van der Waals surface area contributed by atoms with Gasteiger partial charge in [-0.25, -0.2) is 0 Å². The third-order valence-corrected chi connectivity index (χ3v) is 5.39. The summed E-state index contributed by atoms with van der Waals surface area (Å²) in [6.45, 7) is 2.39. The van der Waals surface area contributed by atoms with E-state index < -0.39 is 11.8 Å². The van der Waals surface area contributed by atoms with E-state index in [1.807, 2.05) is 19.3 Å². The molecule has 0 aliphatic carbocycles. The molecule has 3 rings (SSSR count). The van der Waals surface area contributed by atoms with Gasteiger partial charge in [0.05, 0.1) is 6.04 Å². The molecule has 1 atom stereocenters. The number of carbonyl (C=O) groups excluding carboxylic acids is 2. The molecule has 0 radical (unpaired) electrons. The highest BCUT2D eigenvalue weighted by molar-refractivity contribution is 6.39. The van der Waals surface area contributed by atoms with Gasteiger partial charge in [-0.3, -0.25) is 14.5 Å². The lowest BCUT2D eigenvalue weighted by Crippen LogP contribution is -2.42. The zero-order valence-corrected chi connectivity index (χ0v) is 16.9. The molecule has 1 aromatic carbocycles. The number of aromatic nitrogens is 1. The van der Waals surface area contributed by atoms with Crippen molar-refractivity contribution in [2.24, 2.45) is 7.05 Å². The molecule has 6 nitrogen and oxygen atoms in total. The predicted octanol–water partition coefficient (Wildman–Crippen LogP) is 3.35. The van der Waals surface area contributed by atoms with Crippen LogP contribution in [0.2, 0.25) is 5.02 Å². The van der Waals surface area contributed by atoms with Crippen molar-refractivity contribution < 1.29 is 9.59 Å². The van der Waals surface area contributed by atoms with Gasteiger partial charge in [0.15, 0.2) is 0 Å². The maximum atomic E-state index is 12.4. The molecule has 2 N–H and O–H groups in total. The molecule has 0 spiro atoms. The first kappa shape index (κ1) is 20.4. The van der Waals surface area contributed by atoms with Crippen LogP contribution in [0.25, 0.3) is 0 Å². The third-order valence-electron chi connectivity index (χ3n) is 5.15. The molecule has 0 saturated carbocycles. The molecule has 1 fully saturated rings. The van der Waals surface area contributed by atoms with Crippen LogP contribution in [0.5, 0.6) is 0 Å². The van der Waals surface area contributed by atoms with Gasteiger partial charge >= 0.3 is 11.8 Å². The lowest BCUT2D eigenvalue weighted by molar-refractivity contribution is -0.136. The number of carbonyl (C=O) groups is 2. The summed E-state index contributed by atoms with van der Waals surface area (Å²) in [5.41, 5.74) is 1.64. The normalized spacial score (nSPS) is 16.2. The molecule has 28 heavy (non-hydrogen) atoms. The number of nitrogens with zero attached hydrogens (tertiary/aromatic N) is 2. The van der Waals surface area contributed by atoms with Gasteiger partial charge in [0.2, 0.25) is 0 Å². The Labute approximate surface area is 170 Å². The Kier molecular flexibility index (Phi) is 7.12. The molecule has 0 bridgehead atoms. The fraction of sp³-hybridized carbons (Fsp3) is 0.429. The van der Waals surface area contributed by atoms with E-state index in [0.29, 0.717) is 17.3 Å². The van der Waals surface area contributed by atoms with E-state index in [4.69, 9.17) is 11.6 Å². The first-order valence-electron chi connectivity index (χ1n) is 9.74. The van der Waals surface area contributed by atoms with Crippen LogP contribution in [-0.4, -0.2) is 40.9 Å². The Morgan fingerprint density at radius 1 is 1.07 bits per heavy atom. The van der Waals surface area contributed by atoms with Gasteiger partial charge in [0.1, 0.15) is 0 Å². The van der Waals surface area contributed by atoms with Crippen molar-refractivity contribution in [1.29, 1.82) is 0 Å². The average Bonchev–Trinajstić information content (AvgIpc) is 2.92. The van der Waals surface area contributed by atoms with E-state index in [1.165, 1.54) is 12.8 Å². The Balaban J connectivity index is 1.64. The smallest absolute Gasteiger partial charge is 0.313 e. The second-order valence-corrected chi connectivity index (χ2v) is 7.62. The van der Waals surface area contributed by atoms with E-state index in [-0.39, 0.29) is 6.04 Å². The van der Waals surface area contributed by atoms with Crippen LogP contribution in [0.4, 0.5) is 5.69 Å². The standard InChI is InChI=1S/C21H27ClN4O2/c1-25-11-7-10-18(25)19(26-12-4-2-3-5-13-26)15-23-20(27)21(28)24-17-9-6-8-16(22)14-17/h6-11,14,19H,2-5,12-13,15H2,1H3,(H,23,27)(H,24,28). The molecule has 1 saturated heterocycles. The van der Waals surface area contributed by atoms with Crippen LogP contribution >= 0.6 is 11.6 Å². The summed E-state index contributed by atoms with van der Waals surface area (Å²) < 4.78 is 2.08. The second kappa shape index (κ2) is 9.75. The van der Waals surface area contributed by atoms with Crippen molar-refractivity contribution in [1.82, 2.24) is 14.8 Å². The quantitative estimate of drug-likeness (QED) is 0.754. The van der Waals surface area contributed by atoms with Gasteiger partial charge < -0.3 is 15.2 Å². The number of aryl methyl sites for hydroxylation is 1. The number of rotatable bonds is 5. The number of hydrogen-bond acceptors (Lipinski definition) is 3. The topological polar surface area (TPSA) is 66.4 Å². The van der Waals surface area contributed by atoms with Crippen molar-refractivity contribution >= 4 is 29.1 Å². The summed E-state index contributed by atoms with van der Waals surface area (Å²) >= 11 is 5.92. The molecular weight excluding hydrogens is 376 g/mol. The van der Waals surface area contributed by atoms with Gasteiger partial charge in [-0.15, -0.1) is 0 Å². The summed E-state index contributed by atoms with van der Waals surface area (Å²) in [6.07, 6.45) is 6.80. The van der Waals surface area contributed by atoms with Crippen LogP contribution in [0.1, 0.15) is 37.4 Å². The monoisotopic (exact) mass is 402 g/mol. The van der Waals surface area contributed by atoms with Crippen molar-refractivity contribution in [2.75, 3.05) is 25.0 Å². The Morgan fingerprint density at radius 3 is 2.46 bits per heavy atom. The van der Waals surface area contributed by atoms with E-state index >= 15 is 0 Å². The van der Waals surface area contributed by atoms with E-state index in [2.05, 4.69) is 26.2 Å². The predicted molar refractivity (Wildman–Crippen MR) is 111 cm³/mol. The maximum absolute atomic E-state index is 12.4. The maximum Gasteiger partial charge on any atom is 0.313 e. The first-order valence-corrected chi connectivity index (χ1v) is 10.1. The number of benzene rings is 1. The average molecular weight is 403 g/mol. The lowest BCUT2D eigenvalue weighted by Gasteiger charge is -2.31. The molecule has 1 aliphatic rings. The molecular formula is C21H27ClN4O2. The number of anilines is 1. The number of likely N-dealkylation sites (tertiary alicyclic amines) is 1. The highest BCUT2D eigenvalue weighted by Crippen LogP contribution is 2.24. The van der Waals surface area contributed by atoms with E-state index in [9.17, 15) is 9.59 Å². The Bertz CT molecular complexity index is 812. The van der Waals surface area contributed by atoms with Gasteiger partial charge in [0.25, 0.3) is 0 Å². The largest absolute Gasteiger partial charge is 0.353 e. The second-order valence-electron chi connectivity index (χ2n) is 7.18. The number of halogens is 1. The zero-order chi connectivity index (χ0) is 19.9. The molecule has 2 amide bonds. The minimum absolute atomic E-state index is 0.0426. The van der Waals surface area contributed by atoms with Gasteiger partial charge in [0, 0.05) is 36.2 Å². The summed E-state index contributed by atoms with van der Waals surface area (Å²) in [5.74, 6) is -1.34. The first-order chi connectivity index (χ1) is 13.5. The summed E-state index contributed by atoms with van der Waals surface area (Å²) in [7, 11) is 2.01. The summed E-state index contributed by atoms with van der Waals surface area (Å²) in [6, 6.07) is 10.9. The van der Waals surface area contributed by atoms with Gasteiger partial charge in [-0.1, -0.05) is 30.5 Å². The van der Waals surface area contributed by atoms with Gasteiger partial charge in [-0.05, 0) is 56.3 Å². The molecule has 2 heterocycles. The molecule has 2 aromatic rings. The highest BCUT2D eigenvalue weighted by Gasteiger charge is 2.25. The van der Waals surface area contributed by atoms with E-state index in [0.717, 1.165) is 31.6 Å². The highest BCUT2D eigenvalue weighted by atomic mass is 35.5. The van der Waals surface area contributed by atoms with Crippen molar-refractivity contribution in [3.8, 4) is 0 Å². The van der Waals surface area contributed by atoms with Crippen LogP contribution in [-0.2, 0) is 16.6 Å². The zero-order valence-electron chi connectivity index (χ0n) is 16.2. The third kappa shape index (κ3) is 5.36. The van der Waals surface area contributed by atoms with Crippen LogP contribution in [0.3, 0.4) is 0 Å². The molecule has 7 heteroatoms. The van der Waals surface area contributed by atoms with Crippen LogP contribution in [0, 0.1) is 0 Å². The Hall–Kier alpha value is -2.31.